The van der Waals surface area contributed by atoms with E-state index in [-0.39, 0.29) is 24.4 Å². The van der Waals surface area contributed by atoms with Gasteiger partial charge >= 0.3 is 0 Å². The third-order valence-electron chi connectivity index (χ3n) is 6.68. The summed E-state index contributed by atoms with van der Waals surface area (Å²) in [6.07, 6.45) is 5.40. The second-order valence-corrected chi connectivity index (χ2v) is 10.3. The number of rotatable bonds is 9. The quantitative estimate of drug-likeness (QED) is 0.403. The van der Waals surface area contributed by atoms with E-state index in [0.717, 1.165) is 47.4 Å². The van der Waals surface area contributed by atoms with Crippen molar-refractivity contribution in [3.8, 4) is 6.07 Å². The van der Waals surface area contributed by atoms with Crippen LogP contribution in [-0.2, 0) is 16.1 Å². The lowest BCUT2D eigenvalue weighted by Crippen LogP contribution is -2.48. The number of carbonyl (C=O) groups is 2. The number of anilines is 1. The first-order valence-electron chi connectivity index (χ1n) is 12.5. The highest BCUT2D eigenvalue weighted by molar-refractivity contribution is 7.09. The molecule has 186 valence electrons. The zero-order valence-corrected chi connectivity index (χ0v) is 21.4. The van der Waals surface area contributed by atoms with Gasteiger partial charge in [-0.3, -0.25) is 9.59 Å². The number of nitrogens with one attached hydrogen (secondary N) is 2. The monoisotopic (exact) mass is 500 g/mol. The van der Waals surface area contributed by atoms with E-state index in [1.165, 1.54) is 6.42 Å². The van der Waals surface area contributed by atoms with Gasteiger partial charge in [-0.15, -0.1) is 11.3 Å². The summed E-state index contributed by atoms with van der Waals surface area (Å²) in [5, 5.41) is 17.5. The van der Waals surface area contributed by atoms with Crippen molar-refractivity contribution in [2.24, 2.45) is 0 Å². The summed E-state index contributed by atoms with van der Waals surface area (Å²) in [6, 6.07) is 20.3. The van der Waals surface area contributed by atoms with Crippen LogP contribution in [0.4, 0.5) is 5.69 Å². The van der Waals surface area contributed by atoms with Gasteiger partial charge in [0.15, 0.2) is 0 Å². The van der Waals surface area contributed by atoms with Crippen molar-refractivity contribution in [1.29, 1.82) is 5.26 Å². The van der Waals surface area contributed by atoms with E-state index in [2.05, 4.69) is 16.7 Å². The Labute approximate surface area is 216 Å². The summed E-state index contributed by atoms with van der Waals surface area (Å²) in [6.45, 7) is 2.37. The van der Waals surface area contributed by atoms with Crippen LogP contribution in [-0.4, -0.2) is 29.3 Å². The van der Waals surface area contributed by atoms with Crippen molar-refractivity contribution >= 4 is 28.8 Å². The van der Waals surface area contributed by atoms with Gasteiger partial charge in [-0.05, 0) is 66.6 Å². The molecule has 2 aromatic carbocycles. The van der Waals surface area contributed by atoms with Gasteiger partial charge in [-0.1, -0.05) is 49.6 Å². The van der Waals surface area contributed by atoms with E-state index in [1.807, 2.05) is 48.7 Å². The minimum Gasteiger partial charge on any atom is -0.376 e. The maximum atomic E-state index is 13.8. The smallest absolute Gasteiger partial charge is 0.247 e. The second kappa shape index (κ2) is 12.4. The van der Waals surface area contributed by atoms with E-state index < -0.39 is 6.04 Å². The number of hydrogen-bond donors (Lipinski definition) is 2. The predicted molar refractivity (Wildman–Crippen MR) is 143 cm³/mol. The molecule has 1 fully saturated rings. The first-order valence-corrected chi connectivity index (χ1v) is 13.3. The third-order valence-corrected chi connectivity index (χ3v) is 7.54. The molecule has 4 rings (SSSR count). The topological polar surface area (TPSA) is 85.2 Å². The lowest BCUT2D eigenvalue weighted by atomic mass is 9.94. The molecular weight excluding hydrogens is 468 g/mol. The molecule has 1 unspecified atom stereocenters. The average Bonchev–Trinajstić information content (AvgIpc) is 3.42. The molecule has 2 N–H and O–H groups in total. The number of hydrogen-bond acceptors (Lipinski definition) is 5. The molecule has 1 aliphatic carbocycles. The summed E-state index contributed by atoms with van der Waals surface area (Å²) < 4.78 is 0. The van der Waals surface area contributed by atoms with E-state index in [0.29, 0.717) is 12.1 Å². The number of benzene rings is 2. The average molecular weight is 501 g/mol. The highest BCUT2D eigenvalue weighted by Crippen LogP contribution is 2.29. The molecule has 1 atom stereocenters. The Bertz CT molecular complexity index is 1190. The Morgan fingerprint density at radius 3 is 2.47 bits per heavy atom. The SMILES string of the molecule is Cc1ccccc1C(C(=O)NC1CCCCC1)N(Cc1cccs1)C(=O)CNc1ccc(C#N)cc1. The molecule has 0 saturated heterocycles. The molecule has 1 aliphatic rings. The van der Waals surface area contributed by atoms with E-state index in [4.69, 9.17) is 5.26 Å². The lowest BCUT2D eigenvalue weighted by molar-refractivity contribution is -0.140. The van der Waals surface area contributed by atoms with Crippen molar-refractivity contribution in [1.82, 2.24) is 10.2 Å². The highest BCUT2D eigenvalue weighted by atomic mass is 32.1. The number of amides is 2. The molecule has 1 saturated carbocycles. The van der Waals surface area contributed by atoms with Crippen molar-refractivity contribution < 1.29 is 9.59 Å². The molecule has 0 bridgehead atoms. The minimum atomic E-state index is -0.731. The fourth-order valence-corrected chi connectivity index (χ4v) is 5.41. The van der Waals surface area contributed by atoms with Crippen LogP contribution in [0.3, 0.4) is 0 Å². The number of carbonyl (C=O) groups excluding carboxylic acids is 2. The largest absolute Gasteiger partial charge is 0.376 e. The first kappa shape index (κ1) is 25.5. The number of aryl methyl sites for hydroxylation is 1. The highest BCUT2D eigenvalue weighted by Gasteiger charge is 2.33. The Morgan fingerprint density at radius 1 is 1.06 bits per heavy atom. The van der Waals surface area contributed by atoms with E-state index in [9.17, 15) is 9.59 Å². The molecular formula is C29H32N4O2S. The molecule has 7 heteroatoms. The van der Waals surface area contributed by atoms with E-state index in [1.54, 1.807) is 40.5 Å². The zero-order chi connectivity index (χ0) is 25.3. The van der Waals surface area contributed by atoms with Crippen LogP contribution in [0.2, 0.25) is 0 Å². The van der Waals surface area contributed by atoms with Crippen molar-refractivity contribution in [2.45, 2.75) is 57.7 Å². The molecule has 1 aromatic heterocycles. The Balaban J connectivity index is 1.62. The van der Waals surface area contributed by atoms with Gasteiger partial charge in [0.1, 0.15) is 6.04 Å². The fourth-order valence-electron chi connectivity index (χ4n) is 4.71. The normalized spacial score (nSPS) is 14.4. The molecule has 0 spiro atoms. The predicted octanol–water partition coefficient (Wildman–Crippen LogP) is 5.56. The third kappa shape index (κ3) is 6.52. The van der Waals surface area contributed by atoms with E-state index >= 15 is 0 Å². The van der Waals surface area contributed by atoms with Gasteiger partial charge in [0.05, 0.1) is 24.7 Å². The number of nitriles is 1. The fraction of sp³-hybridized carbons (Fsp3) is 0.345. The molecule has 0 radical (unpaired) electrons. The van der Waals surface area contributed by atoms with Crippen LogP contribution in [0.25, 0.3) is 0 Å². The standard InChI is InChI=1S/C29H32N4O2S/c1-21-8-5-6-12-26(21)28(29(35)32-24-9-3-2-4-10-24)33(20-25-11-7-17-36-25)27(34)19-31-23-15-13-22(18-30)14-16-23/h5-8,11-17,24,28,31H,2-4,9-10,19-20H2,1H3,(H,32,35). The minimum absolute atomic E-state index is 0.0381. The summed E-state index contributed by atoms with van der Waals surface area (Å²) in [7, 11) is 0. The van der Waals surface area contributed by atoms with Crippen molar-refractivity contribution in [2.75, 3.05) is 11.9 Å². The van der Waals surface area contributed by atoms with Crippen molar-refractivity contribution in [3.63, 3.8) is 0 Å². The van der Waals surface area contributed by atoms with Gasteiger partial charge in [-0.2, -0.15) is 5.26 Å². The maximum absolute atomic E-state index is 13.8. The zero-order valence-electron chi connectivity index (χ0n) is 20.6. The van der Waals surface area contributed by atoms with Gasteiger partial charge in [0.2, 0.25) is 11.8 Å². The van der Waals surface area contributed by atoms with Crippen LogP contribution < -0.4 is 10.6 Å². The van der Waals surface area contributed by atoms with Crippen LogP contribution in [0, 0.1) is 18.3 Å². The van der Waals surface area contributed by atoms with Crippen LogP contribution in [0.1, 0.15) is 59.7 Å². The number of nitrogens with zero attached hydrogens (tertiary/aromatic N) is 2. The van der Waals surface area contributed by atoms with Crippen LogP contribution in [0.5, 0.6) is 0 Å². The van der Waals surface area contributed by atoms with Gasteiger partial charge in [0, 0.05) is 16.6 Å². The van der Waals surface area contributed by atoms with Gasteiger partial charge in [-0.25, -0.2) is 0 Å². The Morgan fingerprint density at radius 2 is 1.81 bits per heavy atom. The van der Waals surface area contributed by atoms with Crippen molar-refractivity contribution in [3.05, 3.63) is 87.6 Å². The van der Waals surface area contributed by atoms with Gasteiger partial charge in [0.25, 0.3) is 0 Å². The molecule has 2 amide bonds. The molecule has 3 aromatic rings. The summed E-state index contributed by atoms with van der Waals surface area (Å²) in [4.78, 5) is 30.3. The number of thiophene rings is 1. The van der Waals surface area contributed by atoms with Gasteiger partial charge < -0.3 is 15.5 Å². The first-order chi connectivity index (χ1) is 17.5. The molecule has 6 nitrogen and oxygen atoms in total. The summed E-state index contributed by atoms with van der Waals surface area (Å²) >= 11 is 1.57. The second-order valence-electron chi connectivity index (χ2n) is 9.25. The molecule has 1 heterocycles. The summed E-state index contributed by atoms with van der Waals surface area (Å²) in [5.74, 6) is -0.292. The summed E-state index contributed by atoms with van der Waals surface area (Å²) in [5.41, 5.74) is 3.13. The lowest BCUT2D eigenvalue weighted by Gasteiger charge is -2.34. The molecule has 0 aliphatic heterocycles. The maximum Gasteiger partial charge on any atom is 0.247 e. The van der Waals surface area contributed by atoms with Crippen LogP contribution in [0.15, 0.2) is 66.0 Å². The Hall–Kier alpha value is -3.63. The Kier molecular flexibility index (Phi) is 8.75. The van der Waals surface area contributed by atoms with Crippen LogP contribution >= 0.6 is 11.3 Å². The molecule has 36 heavy (non-hydrogen) atoms.